The van der Waals surface area contributed by atoms with Crippen LogP contribution in [-0.4, -0.2) is 44.4 Å². The molecule has 7 heteroatoms. The zero-order valence-corrected chi connectivity index (χ0v) is 16.2. The fourth-order valence-electron chi connectivity index (χ4n) is 3.59. The van der Waals surface area contributed by atoms with Crippen molar-refractivity contribution >= 4 is 11.9 Å². The van der Waals surface area contributed by atoms with Crippen LogP contribution >= 0.6 is 0 Å². The lowest BCUT2D eigenvalue weighted by molar-refractivity contribution is -0.143. The Morgan fingerprint density at radius 3 is 2.22 bits per heavy atom. The number of carboxylic acids is 1. The van der Waals surface area contributed by atoms with Crippen LogP contribution in [0.4, 0.5) is 0 Å². The zero-order chi connectivity index (χ0) is 19.8. The van der Waals surface area contributed by atoms with Crippen LogP contribution in [-0.2, 0) is 16.0 Å². The van der Waals surface area contributed by atoms with Crippen LogP contribution in [0, 0.1) is 5.92 Å². The standard InChI is InChI=1S/C20H29NO6/c1-25-16-11-13(12-17(26-2)19(16)27-3)9-10-18(22)21-15-8-6-4-5-7-14(15)20(23)24/h11-12,14-15H,4-10H2,1-3H3,(H,21,22)(H,23,24)/t14-,15+/m1/s1. The average Bonchev–Trinajstić information content (AvgIpc) is 2.90. The van der Waals surface area contributed by atoms with Gasteiger partial charge in [0.25, 0.3) is 0 Å². The molecule has 1 aliphatic carbocycles. The highest BCUT2D eigenvalue weighted by Gasteiger charge is 2.30. The van der Waals surface area contributed by atoms with Crippen molar-refractivity contribution in [2.75, 3.05) is 21.3 Å². The first kappa shape index (κ1) is 20.9. The minimum atomic E-state index is -0.827. The Morgan fingerprint density at radius 2 is 1.67 bits per heavy atom. The maximum atomic E-state index is 12.4. The second-order valence-electron chi connectivity index (χ2n) is 6.79. The molecule has 1 aromatic rings. The number of carboxylic acid groups (broad SMARTS) is 1. The molecular formula is C20H29NO6. The first-order chi connectivity index (χ1) is 13.0. The number of rotatable bonds is 8. The van der Waals surface area contributed by atoms with Gasteiger partial charge in [-0.25, -0.2) is 0 Å². The van der Waals surface area contributed by atoms with E-state index in [2.05, 4.69) is 5.32 Å². The van der Waals surface area contributed by atoms with Gasteiger partial charge in [-0.3, -0.25) is 9.59 Å². The van der Waals surface area contributed by atoms with Crippen LogP contribution in [0.3, 0.4) is 0 Å². The summed E-state index contributed by atoms with van der Waals surface area (Å²) in [7, 11) is 4.64. The van der Waals surface area contributed by atoms with Gasteiger partial charge in [0.2, 0.25) is 11.7 Å². The van der Waals surface area contributed by atoms with Gasteiger partial charge in [-0.05, 0) is 37.0 Å². The molecule has 150 valence electrons. The molecule has 1 saturated carbocycles. The van der Waals surface area contributed by atoms with Crippen molar-refractivity contribution in [3.63, 3.8) is 0 Å². The SMILES string of the molecule is COc1cc(CCC(=O)N[C@H]2CCCCC[C@H]2C(=O)O)cc(OC)c1OC. The minimum absolute atomic E-state index is 0.137. The van der Waals surface area contributed by atoms with Crippen molar-refractivity contribution < 1.29 is 28.9 Å². The summed E-state index contributed by atoms with van der Waals surface area (Å²) in [6.45, 7) is 0. The molecule has 0 heterocycles. The van der Waals surface area contributed by atoms with E-state index in [-0.39, 0.29) is 18.4 Å². The van der Waals surface area contributed by atoms with Gasteiger partial charge in [-0.1, -0.05) is 19.3 Å². The molecule has 0 aromatic heterocycles. The van der Waals surface area contributed by atoms with E-state index in [0.717, 1.165) is 24.8 Å². The van der Waals surface area contributed by atoms with Crippen LogP contribution in [0.5, 0.6) is 17.2 Å². The lowest BCUT2D eigenvalue weighted by Crippen LogP contribution is -2.42. The van der Waals surface area contributed by atoms with Crippen LogP contribution in [0.1, 0.15) is 44.1 Å². The number of carbonyl (C=O) groups is 2. The van der Waals surface area contributed by atoms with Crippen LogP contribution in [0.2, 0.25) is 0 Å². The number of ether oxygens (including phenoxy) is 3. The third-order valence-electron chi connectivity index (χ3n) is 5.04. The number of methoxy groups -OCH3 is 3. The Kier molecular flexibility index (Phi) is 7.76. The normalized spacial score (nSPS) is 19.7. The van der Waals surface area contributed by atoms with Crippen molar-refractivity contribution in [3.8, 4) is 17.2 Å². The van der Waals surface area contributed by atoms with E-state index in [1.54, 1.807) is 21.3 Å². The average molecular weight is 379 g/mol. The molecule has 0 bridgehead atoms. The predicted octanol–water partition coefficient (Wildman–Crippen LogP) is 2.79. The van der Waals surface area contributed by atoms with Crippen LogP contribution in [0.25, 0.3) is 0 Å². The Balaban J connectivity index is 2.01. The number of nitrogens with one attached hydrogen (secondary N) is 1. The molecule has 1 fully saturated rings. The number of benzene rings is 1. The third-order valence-corrected chi connectivity index (χ3v) is 5.04. The highest BCUT2D eigenvalue weighted by molar-refractivity contribution is 5.78. The van der Waals surface area contributed by atoms with Crippen LogP contribution in [0.15, 0.2) is 12.1 Å². The molecule has 2 atom stereocenters. The summed E-state index contributed by atoms with van der Waals surface area (Å²) in [4.78, 5) is 23.9. The number of amides is 1. The summed E-state index contributed by atoms with van der Waals surface area (Å²) in [5.74, 6) is 0.131. The summed E-state index contributed by atoms with van der Waals surface area (Å²) in [6.07, 6.45) is 4.95. The van der Waals surface area contributed by atoms with Gasteiger partial charge in [-0.15, -0.1) is 0 Å². The first-order valence-corrected chi connectivity index (χ1v) is 9.31. The quantitative estimate of drug-likeness (QED) is 0.675. The summed E-state index contributed by atoms with van der Waals surface area (Å²) < 4.78 is 16.0. The maximum Gasteiger partial charge on any atom is 0.308 e. The molecule has 0 saturated heterocycles. The first-order valence-electron chi connectivity index (χ1n) is 9.31. The van der Waals surface area contributed by atoms with E-state index in [0.29, 0.717) is 36.5 Å². The topological polar surface area (TPSA) is 94.1 Å². The van der Waals surface area contributed by atoms with Gasteiger partial charge in [0.1, 0.15) is 0 Å². The van der Waals surface area contributed by atoms with Crippen molar-refractivity contribution in [2.45, 2.75) is 51.0 Å². The minimum Gasteiger partial charge on any atom is -0.493 e. The highest BCUT2D eigenvalue weighted by atomic mass is 16.5. The zero-order valence-electron chi connectivity index (χ0n) is 16.2. The molecule has 0 radical (unpaired) electrons. The lowest BCUT2D eigenvalue weighted by atomic mass is 9.94. The molecule has 1 amide bonds. The summed E-state index contributed by atoms with van der Waals surface area (Å²) in [5.41, 5.74) is 0.885. The monoisotopic (exact) mass is 379 g/mol. The van der Waals surface area contributed by atoms with E-state index in [4.69, 9.17) is 14.2 Å². The smallest absolute Gasteiger partial charge is 0.308 e. The molecule has 0 unspecified atom stereocenters. The number of carbonyl (C=O) groups excluding carboxylic acids is 1. The molecule has 2 N–H and O–H groups in total. The molecule has 27 heavy (non-hydrogen) atoms. The Hall–Kier alpha value is -2.44. The van der Waals surface area contributed by atoms with E-state index in [1.807, 2.05) is 12.1 Å². The van der Waals surface area contributed by atoms with Gasteiger partial charge in [0.15, 0.2) is 11.5 Å². The number of hydrogen-bond donors (Lipinski definition) is 2. The number of hydrogen-bond acceptors (Lipinski definition) is 5. The Morgan fingerprint density at radius 1 is 1.04 bits per heavy atom. The number of aryl methyl sites for hydroxylation is 1. The van der Waals surface area contributed by atoms with E-state index >= 15 is 0 Å². The maximum absolute atomic E-state index is 12.4. The Labute approximate surface area is 160 Å². The molecule has 0 spiro atoms. The van der Waals surface area contributed by atoms with Gasteiger partial charge < -0.3 is 24.6 Å². The predicted molar refractivity (Wildman–Crippen MR) is 101 cm³/mol. The molecule has 1 aromatic carbocycles. The molecule has 7 nitrogen and oxygen atoms in total. The fourth-order valence-corrected chi connectivity index (χ4v) is 3.59. The fraction of sp³-hybridized carbons (Fsp3) is 0.600. The van der Waals surface area contributed by atoms with Gasteiger partial charge >= 0.3 is 5.97 Å². The second-order valence-corrected chi connectivity index (χ2v) is 6.79. The van der Waals surface area contributed by atoms with Gasteiger partial charge in [0, 0.05) is 12.5 Å². The molecular weight excluding hydrogens is 350 g/mol. The van der Waals surface area contributed by atoms with Crippen molar-refractivity contribution in [1.82, 2.24) is 5.32 Å². The van der Waals surface area contributed by atoms with Gasteiger partial charge in [0.05, 0.1) is 27.2 Å². The third kappa shape index (κ3) is 5.52. The van der Waals surface area contributed by atoms with Crippen molar-refractivity contribution in [2.24, 2.45) is 5.92 Å². The van der Waals surface area contributed by atoms with Crippen molar-refractivity contribution in [3.05, 3.63) is 17.7 Å². The van der Waals surface area contributed by atoms with Crippen molar-refractivity contribution in [1.29, 1.82) is 0 Å². The Bertz CT molecular complexity index is 635. The lowest BCUT2D eigenvalue weighted by Gasteiger charge is -2.23. The molecule has 2 rings (SSSR count). The molecule has 1 aliphatic rings. The molecule has 0 aliphatic heterocycles. The van der Waals surface area contributed by atoms with E-state index in [1.165, 1.54) is 0 Å². The summed E-state index contributed by atoms with van der Waals surface area (Å²) in [6, 6.07) is 3.35. The second kappa shape index (κ2) is 10.0. The number of aliphatic carboxylic acids is 1. The summed E-state index contributed by atoms with van der Waals surface area (Å²) in [5, 5.41) is 12.4. The van der Waals surface area contributed by atoms with Crippen LogP contribution < -0.4 is 19.5 Å². The summed E-state index contributed by atoms with van der Waals surface area (Å²) >= 11 is 0. The largest absolute Gasteiger partial charge is 0.493 e. The van der Waals surface area contributed by atoms with Gasteiger partial charge in [-0.2, -0.15) is 0 Å². The van der Waals surface area contributed by atoms with E-state index in [9.17, 15) is 14.7 Å². The highest BCUT2D eigenvalue weighted by Crippen LogP contribution is 2.38. The van der Waals surface area contributed by atoms with E-state index < -0.39 is 11.9 Å².